The minimum Gasteiger partial charge on any atom is -0.338 e. The number of amides is 1. The summed E-state index contributed by atoms with van der Waals surface area (Å²) in [6.07, 6.45) is 1.16. The average Bonchev–Trinajstić information content (AvgIpc) is 2.85. The predicted molar refractivity (Wildman–Crippen MR) is 102 cm³/mol. The molecule has 0 spiro atoms. The van der Waals surface area contributed by atoms with E-state index in [1.807, 2.05) is 56.8 Å². The largest absolute Gasteiger partial charge is 0.338 e. The van der Waals surface area contributed by atoms with Crippen molar-refractivity contribution in [2.45, 2.75) is 40.2 Å². The van der Waals surface area contributed by atoms with Crippen molar-refractivity contribution in [3.63, 3.8) is 0 Å². The zero-order valence-corrected chi connectivity index (χ0v) is 16.1. The molecule has 2 heterocycles. The van der Waals surface area contributed by atoms with Crippen LogP contribution in [0, 0.1) is 20.8 Å². The molecule has 0 aliphatic rings. The number of carbonyl (C=O) groups excluding carboxylic acids is 1. The van der Waals surface area contributed by atoms with E-state index < -0.39 is 0 Å². The second kappa shape index (κ2) is 7.23. The zero-order chi connectivity index (χ0) is 18.8. The van der Waals surface area contributed by atoms with E-state index in [1.165, 1.54) is 0 Å². The topological polar surface area (TPSA) is 63.9 Å². The Morgan fingerprint density at radius 1 is 1.12 bits per heavy atom. The lowest BCUT2D eigenvalue weighted by molar-refractivity contribution is -0.130. The van der Waals surface area contributed by atoms with Crippen LogP contribution in [0.15, 0.2) is 24.3 Å². The summed E-state index contributed by atoms with van der Waals surface area (Å²) in [4.78, 5) is 23.4. The summed E-state index contributed by atoms with van der Waals surface area (Å²) in [5, 5.41) is 5.46. The van der Waals surface area contributed by atoms with Gasteiger partial charge < -0.3 is 4.90 Å². The van der Waals surface area contributed by atoms with Gasteiger partial charge in [-0.1, -0.05) is 18.2 Å². The molecular weight excluding hydrogens is 326 g/mol. The van der Waals surface area contributed by atoms with E-state index in [9.17, 15) is 4.79 Å². The summed E-state index contributed by atoms with van der Waals surface area (Å²) >= 11 is 0. The Labute approximate surface area is 153 Å². The van der Waals surface area contributed by atoms with Gasteiger partial charge in [-0.3, -0.25) is 9.48 Å². The number of aromatic nitrogens is 4. The minimum absolute atomic E-state index is 0.0852. The quantitative estimate of drug-likeness (QED) is 0.709. The Balaban J connectivity index is 1.67. The number of nitrogens with zero attached hydrogens (tertiary/aromatic N) is 5. The van der Waals surface area contributed by atoms with Crippen LogP contribution in [-0.2, 0) is 24.8 Å². The van der Waals surface area contributed by atoms with E-state index >= 15 is 0 Å². The Bertz CT molecular complexity index is 960. The van der Waals surface area contributed by atoms with Gasteiger partial charge in [-0.05, 0) is 38.8 Å². The molecule has 0 aliphatic carbocycles. The molecule has 6 nitrogen and oxygen atoms in total. The van der Waals surface area contributed by atoms with Gasteiger partial charge in [0.15, 0.2) is 0 Å². The molecule has 0 aliphatic heterocycles. The molecule has 3 aromatic rings. The third-order valence-corrected chi connectivity index (χ3v) is 4.89. The first-order valence-corrected chi connectivity index (χ1v) is 8.82. The molecule has 3 rings (SSSR count). The molecule has 0 radical (unpaired) electrons. The van der Waals surface area contributed by atoms with E-state index in [2.05, 4.69) is 15.1 Å². The van der Waals surface area contributed by atoms with Gasteiger partial charge in [0.2, 0.25) is 5.91 Å². The zero-order valence-electron chi connectivity index (χ0n) is 16.1. The summed E-state index contributed by atoms with van der Waals surface area (Å²) < 4.78 is 1.87. The van der Waals surface area contributed by atoms with Crippen molar-refractivity contribution in [3.8, 4) is 0 Å². The van der Waals surface area contributed by atoms with Crippen LogP contribution in [0.3, 0.4) is 0 Å². The van der Waals surface area contributed by atoms with Crippen LogP contribution < -0.4 is 0 Å². The van der Waals surface area contributed by atoms with E-state index in [1.54, 1.807) is 11.9 Å². The molecule has 1 amide bonds. The predicted octanol–water partition coefficient (Wildman–Crippen LogP) is 2.88. The van der Waals surface area contributed by atoms with E-state index in [-0.39, 0.29) is 5.91 Å². The van der Waals surface area contributed by atoms with Crippen molar-refractivity contribution in [3.05, 3.63) is 52.7 Å². The van der Waals surface area contributed by atoms with Gasteiger partial charge in [0, 0.05) is 37.3 Å². The summed E-state index contributed by atoms with van der Waals surface area (Å²) in [6, 6.07) is 7.94. The Morgan fingerprint density at radius 3 is 2.54 bits per heavy atom. The molecule has 0 N–H and O–H groups in total. The highest BCUT2D eigenvalue weighted by Crippen LogP contribution is 2.17. The number of hydrogen-bond acceptors (Lipinski definition) is 4. The van der Waals surface area contributed by atoms with Gasteiger partial charge in [0.25, 0.3) is 0 Å². The molecular formula is C20H25N5O. The minimum atomic E-state index is 0.0852. The molecule has 136 valence electrons. The van der Waals surface area contributed by atoms with Crippen LogP contribution >= 0.6 is 0 Å². The Morgan fingerprint density at radius 2 is 1.85 bits per heavy atom. The Hall–Kier alpha value is -2.76. The number of carbonyl (C=O) groups is 1. The number of hydrogen-bond donors (Lipinski definition) is 0. The van der Waals surface area contributed by atoms with Crippen molar-refractivity contribution in [1.29, 1.82) is 0 Å². The second-order valence-corrected chi connectivity index (χ2v) is 6.77. The maximum absolute atomic E-state index is 12.5. The molecule has 0 atom stereocenters. The van der Waals surface area contributed by atoms with Crippen molar-refractivity contribution in [2.75, 3.05) is 7.05 Å². The molecule has 6 heteroatoms. The summed E-state index contributed by atoms with van der Waals surface area (Å²) in [5.74, 6) is 0.757. The summed E-state index contributed by atoms with van der Waals surface area (Å²) in [5.41, 5.74) is 5.12. The van der Waals surface area contributed by atoms with Gasteiger partial charge in [0.05, 0.1) is 17.8 Å². The lowest BCUT2D eigenvalue weighted by Crippen LogP contribution is -2.27. The standard InChI is InChI=1S/C20H25N5O/c1-13-17-8-6-7-9-18(17)22-19(21-13)12-24(4)20(26)11-10-16-14(2)23-25(5)15(16)3/h6-9H,10-12H2,1-5H3. The molecule has 2 aromatic heterocycles. The summed E-state index contributed by atoms with van der Waals surface area (Å²) in [6.45, 7) is 6.41. The molecule has 0 unspecified atom stereocenters. The highest BCUT2D eigenvalue weighted by molar-refractivity contribution is 5.80. The van der Waals surface area contributed by atoms with Gasteiger partial charge in [-0.25, -0.2) is 9.97 Å². The first kappa shape index (κ1) is 18.0. The fraction of sp³-hybridized carbons (Fsp3) is 0.400. The van der Waals surface area contributed by atoms with Crippen LogP contribution in [0.4, 0.5) is 0 Å². The van der Waals surface area contributed by atoms with Gasteiger partial charge >= 0.3 is 0 Å². The maximum Gasteiger partial charge on any atom is 0.223 e. The number of rotatable bonds is 5. The van der Waals surface area contributed by atoms with E-state index in [0.717, 1.165) is 33.5 Å². The second-order valence-electron chi connectivity index (χ2n) is 6.77. The van der Waals surface area contributed by atoms with Crippen molar-refractivity contribution >= 4 is 16.8 Å². The van der Waals surface area contributed by atoms with Crippen LogP contribution in [0.2, 0.25) is 0 Å². The molecule has 1 aromatic carbocycles. The fourth-order valence-electron chi connectivity index (χ4n) is 3.27. The first-order chi connectivity index (χ1) is 12.4. The van der Waals surface area contributed by atoms with E-state index in [0.29, 0.717) is 25.2 Å². The monoisotopic (exact) mass is 351 g/mol. The molecule has 26 heavy (non-hydrogen) atoms. The van der Waals surface area contributed by atoms with Gasteiger partial charge in [-0.15, -0.1) is 0 Å². The van der Waals surface area contributed by atoms with Crippen LogP contribution in [0.1, 0.15) is 34.9 Å². The lowest BCUT2D eigenvalue weighted by Gasteiger charge is -2.17. The van der Waals surface area contributed by atoms with Crippen molar-refractivity contribution in [2.24, 2.45) is 7.05 Å². The number of fused-ring (bicyclic) bond motifs is 1. The number of aryl methyl sites for hydroxylation is 3. The van der Waals surface area contributed by atoms with E-state index in [4.69, 9.17) is 0 Å². The molecule has 0 saturated heterocycles. The maximum atomic E-state index is 12.5. The Kier molecular flexibility index (Phi) is 5.02. The molecule has 0 fully saturated rings. The molecule has 0 saturated carbocycles. The average molecular weight is 351 g/mol. The lowest BCUT2D eigenvalue weighted by atomic mass is 10.1. The third-order valence-electron chi connectivity index (χ3n) is 4.89. The summed E-state index contributed by atoms with van der Waals surface area (Å²) in [7, 11) is 3.73. The number of benzene rings is 1. The third kappa shape index (κ3) is 3.59. The van der Waals surface area contributed by atoms with Crippen molar-refractivity contribution < 1.29 is 4.79 Å². The van der Waals surface area contributed by atoms with Crippen molar-refractivity contribution in [1.82, 2.24) is 24.6 Å². The van der Waals surface area contributed by atoms with Crippen LogP contribution in [0.5, 0.6) is 0 Å². The van der Waals surface area contributed by atoms with Crippen LogP contribution in [0.25, 0.3) is 10.9 Å². The smallest absolute Gasteiger partial charge is 0.223 e. The SMILES string of the molecule is Cc1nn(C)c(C)c1CCC(=O)N(C)Cc1nc(C)c2ccccc2n1. The highest BCUT2D eigenvalue weighted by Gasteiger charge is 2.15. The number of para-hydroxylation sites is 1. The highest BCUT2D eigenvalue weighted by atomic mass is 16.2. The van der Waals surface area contributed by atoms with Crippen LogP contribution in [-0.4, -0.2) is 37.6 Å². The molecule has 0 bridgehead atoms. The first-order valence-electron chi connectivity index (χ1n) is 8.82. The normalized spacial score (nSPS) is 11.1. The van der Waals surface area contributed by atoms with Gasteiger partial charge in [0.1, 0.15) is 5.82 Å². The fourth-order valence-corrected chi connectivity index (χ4v) is 3.27. The van der Waals surface area contributed by atoms with Gasteiger partial charge in [-0.2, -0.15) is 5.10 Å².